The number of esters is 2. The van der Waals surface area contributed by atoms with Gasteiger partial charge in [0.15, 0.2) is 0 Å². The maximum Gasteiger partial charge on any atom is 0.309 e. The number of unbranched alkanes of at least 4 members (excludes halogenated alkanes) is 5. The van der Waals surface area contributed by atoms with Crippen LogP contribution in [0.5, 0.6) is 0 Å². The van der Waals surface area contributed by atoms with Gasteiger partial charge in [-0.15, -0.1) is 0 Å². The van der Waals surface area contributed by atoms with Crippen molar-refractivity contribution in [2.45, 2.75) is 84.7 Å². The van der Waals surface area contributed by atoms with Crippen LogP contribution in [0.3, 0.4) is 0 Å². The second-order valence-corrected chi connectivity index (χ2v) is 7.45. The summed E-state index contributed by atoms with van der Waals surface area (Å²) in [5.74, 6) is -0.0763. The molecule has 1 heterocycles. The van der Waals surface area contributed by atoms with Gasteiger partial charge in [-0.25, -0.2) is 0 Å². The van der Waals surface area contributed by atoms with Gasteiger partial charge in [-0.3, -0.25) is 9.59 Å². The molecule has 1 rings (SSSR count). The quantitative estimate of drug-likeness (QED) is 0.471. The van der Waals surface area contributed by atoms with Gasteiger partial charge in [-0.05, 0) is 31.1 Å². The minimum atomic E-state index is -0.114. The van der Waals surface area contributed by atoms with E-state index < -0.39 is 0 Å². The van der Waals surface area contributed by atoms with E-state index in [2.05, 4.69) is 25.5 Å². The molecule has 4 heteroatoms. The highest BCUT2D eigenvalue weighted by Gasteiger charge is 2.41. The van der Waals surface area contributed by atoms with Gasteiger partial charge in [-0.1, -0.05) is 46.5 Å². The molecule has 1 aliphatic heterocycles. The first-order chi connectivity index (χ1) is 10.3. The van der Waals surface area contributed by atoms with E-state index in [4.69, 9.17) is 4.74 Å². The summed E-state index contributed by atoms with van der Waals surface area (Å²) in [5.41, 5.74) is 0.00543. The van der Waals surface area contributed by atoms with Crippen molar-refractivity contribution in [3.05, 3.63) is 0 Å². The average molecular weight is 312 g/mol. The molecule has 0 aliphatic carbocycles. The van der Waals surface area contributed by atoms with Crippen LogP contribution in [0.25, 0.3) is 0 Å². The minimum absolute atomic E-state index is 0.00543. The van der Waals surface area contributed by atoms with Gasteiger partial charge < -0.3 is 9.47 Å². The number of rotatable bonds is 9. The summed E-state index contributed by atoms with van der Waals surface area (Å²) in [7, 11) is 1.43. The molecule has 1 aliphatic rings. The van der Waals surface area contributed by atoms with E-state index in [1.54, 1.807) is 0 Å². The van der Waals surface area contributed by atoms with Crippen molar-refractivity contribution in [3.8, 4) is 0 Å². The molecule has 4 nitrogen and oxygen atoms in total. The lowest BCUT2D eigenvalue weighted by Crippen LogP contribution is -2.24. The highest BCUT2D eigenvalue weighted by molar-refractivity contribution is 5.75. The van der Waals surface area contributed by atoms with Crippen LogP contribution in [-0.4, -0.2) is 25.2 Å². The van der Waals surface area contributed by atoms with Crippen molar-refractivity contribution in [2.24, 2.45) is 11.3 Å². The number of methoxy groups -OCH3 is 1. The number of carbonyl (C=O) groups is 2. The van der Waals surface area contributed by atoms with E-state index >= 15 is 0 Å². The lowest BCUT2D eigenvalue weighted by molar-refractivity contribution is -0.146. The first-order valence-corrected chi connectivity index (χ1v) is 8.62. The molecule has 2 atom stereocenters. The molecule has 0 aromatic heterocycles. The second-order valence-electron chi connectivity index (χ2n) is 7.45. The molecule has 22 heavy (non-hydrogen) atoms. The molecule has 0 radical (unpaired) electrons. The fourth-order valence-electron chi connectivity index (χ4n) is 2.99. The molecule has 0 aromatic carbocycles. The van der Waals surface area contributed by atoms with Crippen LogP contribution in [0.4, 0.5) is 0 Å². The van der Waals surface area contributed by atoms with Gasteiger partial charge in [0, 0.05) is 6.42 Å². The SMILES string of the molecule is COC(=O)CCCCCCCC[C@@H]1C[C@H](C(C)(C)C)C(=O)O1. The van der Waals surface area contributed by atoms with Crippen molar-refractivity contribution < 1.29 is 19.1 Å². The van der Waals surface area contributed by atoms with E-state index in [0.29, 0.717) is 6.42 Å². The Morgan fingerprint density at radius 2 is 1.73 bits per heavy atom. The monoisotopic (exact) mass is 312 g/mol. The van der Waals surface area contributed by atoms with Crippen LogP contribution in [-0.2, 0) is 19.1 Å². The van der Waals surface area contributed by atoms with E-state index in [1.165, 1.54) is 20.0 Å². The maximum atomic E-state index is 11.9. The molecule has 0 aromatic rings. The first-order valence-electron chi connectivity index (χ1n) is 8.62. The van der Waals surface area contributed by atoms with Crippen LogP contribution in [0.1, 0.15) is 78.6 Å². The number of hydrogen-bond donors (Lipinski definition) is 0. The summed E-state index contributed by atoms with van der Waals surface area (Å²) in [6, 6.07) is 0. The van der Waals surface area contributed by atoms with E-state index in [0.717, 1.165) is 38.5 Å². The molecule has 1 fully saturated rings. The molecule has 0 spiro atoms. The Balaban J connectivity index is 2.02. The molecule has 128 valence electrons. The number of carbonyl (C=O) groups excluding carboxylic acids is 2. The second kappa shape index (κ2) is 9.16. The van der Waals surface area contributed by atoms with Crippen molar-refractivity contribution in [3.63, 3.8) is 0 Å². The van der Waals surface area contributed by atoms with Gasteiger partial charge in [0.2, 0.25) is 0 Å². The number of hydrogen-bond acceptors (Lipinski definition) is 4. The Morgan fingerprint density at radius 1 is 1.14 bits per heavy atom. The topological polar surface area (TPSA) is 52.6 Å². The Hall–Kier alpha value is -1.06. The predicted octanol–water partition coefficient (Wildman–Crippen LogP) is 4.26. The zero-order valence-electron chi connectivity index (χ0n) is 14.7. The van der Waals surface area contributed by atoms with Crippen LogP contribution in [0, 0.1) is 11.3 Å². The Morgan fingerprint density at radius 3 is 2.27 bits per heavy atom. The van der Waals surface area contributed by atoms with Crippen LogP contribution >= 0.6 is 0 Å². The summed E-state index contributed by atoms with van der Waals surface area (Å²) in [6.45, 7) is 6.32. The van der Waals surface area contributed by atoms with E-state index in [-0.39, 0.29) is 29.4 Å². The predicted molar refractivity (Wildman–Crippen MR) is 86.4 cm³/mol. The molecule has 0 amide bonds. The Bertz CT molecular complexity index is 357. The third-order valence-corrected chi connectivity index (χ3v) is 4.50. The van der Waals surface area contributed by atoms with Gasteiger partial charge in [-0.2, -0.15) is 0 Å². The molecule has 0 saturated carbocycles. The summed E-state index contributed by atoms with van der Waals surface area (Å²) >= 11 is 0. The summed E-state index contributed by atoms with van der Waals surface area (Å²) in [5, 5.41) is 0. The average Bonchev–Trinajstić information content (AvgIpc) is 2.82. The van der Waals surface area contributed by atoms with Gasteiger partial charge in [0.25, 0.3) is 0 Å². The third kappa shape index (κ3) is 6.80. The van der Waals surface area contributed by atoms with Gasteiger partial charge >= 0.3 is 11.9 Å². The standard InChI is InChI=1S/C18H32O4/c1-18(2,3)15-13-14(22-17(15)20)11-9-7-5-6-8-10-12-16(19)21-4/h14-15H,5-13H2,1-4H3/t14-,15+/m1/s1. The summed E-state index contributed by atoms with van der Waals surface area (Å²) < 4.78 is 10.1. The maximum absolute atomic E-state index is 11.9. The molecular formula is C18H32O4. The highest BCUT2D eigenvalue weighted by Crippen LogP contribution is 2.37. The van der Waals surface area contributed by atoms with Crippen molar-refractivity contribution >= 4 is 11.9 Å². The fraction of sp³-hybridized carbons (Fsp3) is 0.889. The Labute approximate surface area is 134 Å². The molecular weight excluding hydrogens is 280 g/mol. The van der Waals surface area contributed by atoms with Crippen LogP contribution < -0.4 is 0 Å². The zero-order chi connectivity index (χ0) is 16.6. The largest absolute Gasteiger partial charge is 0.469 e. The molecule has 0 unspecified atom stereocenters. The first kappa shape index (κ1) is 19.0. The molecule has 1 saturated heterocycles. The fourth-order valence-corrected chi connectivity index (χ4v) is 2.99. The number of ether oxygens (including phenoxy) is 2. The van der Waals surface area contributed by atoms with Gasteiger partial charge in [0.05, 0.1) is 13.0 Å². The zero-order valence-corrected chi connectivity index (χ0v) is 14.7. The lowest BCUT2D eigenvalue weighted by Gasteiger charge is -2.22. The third-order valence-electron chi connectivity index (χ3n) is 4.50. The normalized spacial score (nSPS) is 21.7. The summed E-state index contributed by atoms with van der Waals surface area (Å²) in [4.78, 5) is 22.8. The smallest absolute Gasteiger partial charge is 0.309 e. The highest BCUT2D eigenvalue weighted by atomic mass is 16.6. The summed E-state index contributed by atoms with van der Waals surface area (Å²) in [6.07, 6.45) is 9.15. The van der Waals surface area contributed by atoms with E-state index in [9.17, 15) is 9.59 Å². The van der Waals surface area contributed by atoms with Crippen LogP contribution in [0.15, 0.2) is 0 Å². The Kier molecular flexibility index (Phi) is 7.91. The minimum Gasteiger partial charge on any atom is -0.469 e. The lowest BCUT2D eigenvalue weighted by atomic mass is 9.79. The van der Waals surface area contributed by atoms with Crippen molar-refractivity contribution in [1.82, 2.24) is 0 Å². The van der Waals surface area contributed by atoms with E-state index in [1.807, 2.05) is 0 Å². The van der Waals surface area contributed by atoms with Crippen molar-refractivity contribution in [2.75, 3.05) is 7.11 Å². The molecule has 0 bridgehead atoms. The van der Waals surface area contributed by atoms with Crippen molar-refractivity contribution in [1.29, 1.82) is 0 Å². The van der Waals surface area contributed by atoms with Crippen LogP contribution in [0.2, 0.25) is 0 Å². The van der Waals surface area contributed by atoms with Gasteiger partial charge in [0.1, 0.15) is 6.10 Å². The number of cyclic esters (lactones) is 1. The molecule has 0 N–H and O–H groups in total.